The highest BCUT2D eigenvalue weighted by Gasteiger charge is 2.21. The molecule has 0 aliphatic heterocycles. The molecule has 1 aliphatic rings. The highest BCUT2D eigenvalue weighted by Crippen LogP contribution is 2.34. The summed E-state index contributed by atoms with van der Waals surface area (Å²) in [4.78, 5) is 11.7. The van der Waals surface area contributed by atoms with Crippen LogP contribution < -0.4 is 4.74 Å². The molecule has 170 valence electrons. The molecule has 1 saturated carbocycles. The molecule has 0 radical (unpaired) electrons. The lowest BCUT2D eigenvalue weighted by molar-refractivity contribution is -0.134. The molecule has 1 aromatic carbocycles. The largest absolute Gasteiger partial charge is 0.427 e. The van der Waals surface area contributed by atoms with Gasteiger partial charge in [-0.15, -0.1) is 0 Å². The van der Waals surface area contributed by atoms with Crippen LogP contribution in [0.2, 0.25) is 0 Å². The molecule has 0 heterocycles. The summed E-state index contributed by atoms with van der Waals surface area (Å²) in [6, 6.07) is 6.16. The fourth-order valence-corrected chi connectivity index (χ4v) is 4.96. The van der Waals surface area contributed by atoms with Gasteiger partial charge in [0, 0.05) is 6.42 Å². The van der Waals surface area contributed by atoms with Gasteiger partial charge in [0.05, 0.1) is 0 Å². The Bertz CT molecular complexity index is 599. The smallest absolute Gasteiger partial charge is 0.311 e. The third kappa shape index (κ3) is 9.67. The second-order valence-corrected chi connectivity index (χ2v) is 9.65. The summed E-state index contributed by atoms with van der Waals surface area (Å²) in [6.07, 6.45) is 21.0. The number of benzene rings is 1. The third-order valence-corrected chi connectivity index (χ3v) is 7.00. The predicted octanol–water partition coefficient (Wildman–Crippen LogP) is 8.58. The predicted molar refractivity (Wildman–Crippen MR) is 128 cm³/mol. The second-order valence-electron chi connectivity index (χ2n) is 9.65. The monoisotopic (exact) mass is 414 g/mol. The van der Waals surface area contributed by atoms with Crippen molar-refractivity contribution in [1.82, 2.24) is 0 Å². The molecule has 2 rings (SSSR count). The van der Waals surface area contributed by atoms with Gasteiger partial charge in [-0.25, -0.2) is 0 Å². The highest BCUT2D eigenvalue weighted by atomic mass is 16.5. The van der Waals surface area contributed by atoms with Crippen molar-refractivity contribution in [2.45, 2.75) is 124 Å². The van der Waals surface area contributed by atoms with Crippen molar-refractivity contribution in [3.63, 3.8) is 0 Å². The van der Waals surface area contributed by atoms with E-state index in [-0.39, 0.29) is 5.97 Å². The van der Waals surface area contributed by atoms with Crippen molar-refractivity contribution >= 4 is 5.97 Å². The molecule has 0 aromatic heterocycles. The molecule has 1 fully saturated rings. The van der Waals surface area contributed by atoms with Crippen LogP contribution in [0, 0.1) is 18.8 Å². The number of ether oxygens (including phenoxy) is 1. The summed E-state index contributed by atoms with van der Waals surface area (Å²) in [5.41, 5.74) is 2.67. The van der Waals surface area contributed by atoms with Gasteiger partial charge >= 0.3 is 5.97 Å². The highest BCUT2D eigenvalue weighted by molar-refractivity contribution is 5.72. The van der Waals surface area contributed by atoms with Crippen molar-refractivity contribution < 1.29 is 9.53 Å². The Balaban J connectivity index is 1.61. The number of rotatable bonds is 14. The first-order valence-corrected chi connectivity index (χ1v) is 12.9. The van der Waals surface area contributed by atoms with E-state index in [2.05, 4.69) is 19.9 Å². The zero-order valence-corrected chi connectivity index (χ0v) is 20.0. The van der Waals surface area contributed by atoms with Gasteiger partial charge < -0.3 is 4.74 Å². The average molecular weight is 415 g/mol. The summed E-state index contributed by atoms with van der Waals surface area (Å²) >= 11 is 0. The van der Waals surface area contributed by atoms with E-state index < -0.39 is 0 Å². The molecule has 1 aliphatic carbocycles. The number of carbonyl (C=O) groups excluding carboxylic acids is 1. The Morgan fingerprint density at radius 3 is 2.13 bits per heavy atom. The van der Waals surface area contributed by atoms with E-state index in [0.29, 0.717) is 12.2 Å². The van der Waals surface area contributed by atoms with Crippen molar-refractivity contribution in [3.05, 3.63) is 29.3 Å². The molecule has 1 aromatic rings. The van der Waals surface area contributed by atoms with Crippen LogP contribution in [0.3, 0.4) is 0 Å². The van der Waals surface area contributed by atoms with Gasteiger partial charge in [0.15, 0.2) is 0 Å². The zero-order valence-electron chi connectivity index (χ0n) is 20.0. The van der Waals surface area contributed by atoms with Crippen molar-refractivity contribution in [2.24, 2.45) is 11.8 Å². The lowest BCUT2D eigenvalue weighted by Crippen LogP contribution is -2.15. The Hall–Kier alpha value is -1.31. The molecule has 0 atom stereocenters. The van der Waals surface area contributed by atoms with E-state index in [0.717, 1.165) is 24.7 Å². The molecular formula is C28H46O2. The van der Waals surface area contributed by atoms with Crippen LogP contribution in [0.4, 0.5) is 0 Å². The van der Waals surface area contributed by atoms with Crippen LogP contribution in [0.1, 0.15) is 121 Å². The van der Waals surface area contributed by atoms with Gasteiger partial charge in [-0.3, -0.25) is 4.79 Å². The summed E-state index contributed by atoms with van der Waals surface area (Å²) < 4.78 is 5.42. The molecule has 0 N–H and O–H groups in total. The SMILES string of the molecule is CCCCCCCCC[C@H]1CC[C@H](CCc2ccc(OC(=O)CCC)cc2C)CC1. The van der Waals surface area contributed by atoms with Crippen molar-refractivity contribution in [3.8, 4) is 5.75 Å². The van der Waals surface area contributed by atoms with E-state index in [1.807, 2.05) is 19.1 Å². The lowest BCUT2D eigenvalue weighted by atomic mass is 9.77. The Kier molecular flexibility index (Phi) is 12.2. The minimum atomic E-state index is -0.127. The number of carbonyl (C=O) groups is 1. The van der Waals surface area contributed by atoms with Crippen LogP contribution in [-0.4, -0.2) is 5.97 Å². The van der Waals surface area contributed by atoms with Gasteiger partial charge in [-0.1, -0.05) is 97.0 Å². The fraction of sp³-hybridized carbons (Fsp3) is 0.750. The van der Waals surface area contributed by atoms with Crippen LogP contribution in [0.25, 0.3) is 0 Å². The van der Waals surface area contributed by atoms with E-state index >= 15 is 0 Å². The quantitative estimate of drug-likeness (QED) is 0.173. The molecular weight excluding hydrogens is 368 g/mol. The van der Waals surface area contributed by atoms with Crippen LogP contribution >= 0.6 is 0 Å². The van der Waals surface area contributed by atoms with Crippen molar-refractivity contribution in [2.75, 3.05) is 0 Å². The standard InChI is InChI=1S/C28H46O2/c1-4-6-7-8-9-10-11-13-24-14-16-25(17-15-24)18-19-26-20-21-27(22-23(26)3)30-28(29)12-5-2/h20-22,24-25H,4-19H2,1-3H3/t24-,25-. The normalized spacial score (nSPS) is 19.0. The van der Waals surface area contributed by atoms with E-state index in [1.165, 1.54) is 94.6 Å². The number of hydrogen-bond donors (Lipinski definition) is 0. The number of esters is 1. The average Bonchev–Trinajstić information content (AvgIpc) is 2.73. The van der Waals surface area contributed by atoms with Gasteiger partial charge in [0.25, 0.3) is 0 Å². The Morgan fingerprint density at radius 1 is 0.867 bits per heavy atom. The lowest BCUT2D eigenvalue weighted by Gasteiger charge is -2.28. The maximum absolute atomic E-state index is 11.7. The summed E-state index contributed by atoms with van der Waals surface area (Å²) in [5.74, 6) is 2.46. The molecule has 2 heteroatoms. The van der Waals surface area contributed by atoms with E-state index in [9.17, 15) is 4.79 Å². The number of hydrogen-bond acceptors (Lipinski definition) is 2. The maximum atomic E-state index is 11.7. The van der Waals surface area contributed by atoms with Crippen LogP contribution in [0.15, 0.2) is 18.2 Å². The summed E-state index contributed by atoms with van der Waals surface area (Å²) in [5, 5.41) is 0. The molecule has 30 heavy (non-hydrogen) atoms. The van der Waals surface area contributed by atoms with Gasteiger partial charge in [-0.05, 0) is 61.3 Å². The summed E-state index contributed by atoms with van der Waals surface area (Å²) in [7, 11) is 0. The van der Waals surface area contributed by atoms with Gasteiger partial charge in [0.2, 0.25) is 0 Å². The maximum Gasteiger partial charge on any atom is 0.311 e. The minimum absolute atomic E-state index is 0.127. The Labute approximate surface area is 186 Å². The fourth-order valence-electron chi connectivity index (χ4n) is 4.96. The molecule has 0 bridgehead atoms. The van der Waals surface area contributed by atoms with Gasteiger partial charge in [-0.2, -0.15) is 0 Å². The molecule has 0 unspecified atom stereocenters. The van der Waals surface area contributed by atoms with E-state index in [4.69, 9.17) is 4.74 Å². The molecule has 0 amide bonds. The first-order valence-electron chi connectivity index (χ1n) is 12.9. The Morgan fingerprint density at radius 2 is 1.50 bits per heavy atom. The number of unbranched alkanes of at least 4 members (excludes halogenated alkanes) is 6. The van der Waals surface area contributed by atoms with E-state index in [1.54, 1.807) is 0 Å². The third-order valence-electron chi connectivity index (χ3n) is 7.00. The topological polar surface area (TPSA) is 26.3 Å². The molecule has 0 saturated heterocycles. The van der Waals surface area contributed by atoms with Crippen LogP contribution in [-0.2, 0) is 11.2 Å². The molecule has 2 nitrogen and oxygen atoms in total. The second kappa shape index (κ2) is 14.7. The van der Waals surface area contributed by atoms with Crippen molar-refractivity contribution in [1.29, 1.82) is 0 Å². The van der Waals surface area contributed by atoms with Crippen LogP contribution in [0.5, 0.6) is 5.75 Å². The first kappa shape index (κ1) is 25.0. The van der Waals surface area contributed by atoms with Gasteiger partial charge in [0.1, 0.15) is 5.75 Å². The summed E-state index contributed by atoms with van der Waals surface area (Å²) in [6.45, 7) is 6.44. The first-order chi connectivity index (χ1) is 14.6. The zero-order chi connectivity index (χ0) is 21.6. The molecule has 0 spiro atoms. The number of aryl methyl sites for hydroxylation is 2. The minimum Gasteiger partial charge on any atom is -0.427 e.